The predicted octanol–water partition coefficient (Wildman–Crippen LogP) is 2.15. The first-order valence-electron chi connectivity index (χ1n) is 5.70. The van der Waals surface area contributed by atoms with Crippen LogP contribution in [0.4, 0.5) is 0 Å². The van der Waals surface area contributed by atoms with Crippen LogP contribution in [-0.2, 0) is 9.59 Å². The molecule has 0 bridgehead atoms. The third-order valence-electron chi connectivity index (χ3n) is 3.17. The lowest BCUT2D eigenvalue weighted by molar-refractivity contribution is -0.133. The summed E-state index contributed by atoms with van der Waals surface area (Å²) in [7, 11) is 0. The van der Waals surface area contributed by atoms with Crippen molar-refractivity contribution in [3.8, 4) is 0 Å². The van der Waals surface area contributed by atoms with E-state index in [-0.39, 0.29) is 17.7 Å². The number of rotatable bonds is 3. The Labute approximate surface area is 105 Å². The van der Waals surface area contributed by atoms with Crippen molar-refractivity contribution < 1.29 is 9.59 Å². The lowest BCUT2D eigenvalue weighted by atomic mass is 9.84. The highest BCUT2D eigenvalue weighted by atomic mass is 35.5. The number of hydrogen-bond donors (Lipinski definition) is 1. The first kappa shape index (κ1) is 12.3. The molecule has 3 nitrogen and oxygen atoms in total. The third-order valence-corrected chi connectivity index (χ3v) is 3.42. The van der Waals surface area contributed by atoms with Crippen molar-refractivity contribution in [2.75, 3.05) is 6.54 Å². The molecule has 2 rings (SSSR count). The molecule has 1 heterocycles. The summed E-state index contributed by atoms with van der Waals surface area (Å²) in [5.41, 5.74) is 1.01. The Balaban J connectivity index is 2.24. The second-order valence-electron chi connectivity index (χ2n) is 4.25. The molecule has 1 fully saturated rings. The standard InChI is InChI=1S/C13H14ClNO2/c14-10-5-3-9(4-6-10)13-11(12(17)8-16)2-1-7-15-13/h3-6,8,11,13,15H,1-2,7H2. The first-order valence-corrected chi connectivity index (χ1v) is 6.08. The van der Waals surface area contributed by atoms with E-state index in [1.807, 2.05) is 12.1 Å². The second kappa shape index (κ2) is 5.43. The number of nitrogens with one attached hydrogen (secondary N) is 1. The Morgan fingerprint density at radius 2 is 2.06 bits per heavy atom. The van der Waals surface area contributed by atoms with Crippen molar-refractivity contribution in [3.63, 3.8) is 0 Å². The van der Waals surface area contributed by atoms with Crippen molar-refractivity contribution in [1.82, 2.24) is 5.32 Å². The van der Waals surface area contributed by atoms with Gasteiger partial charge in [-0.3, -0.25) is 9.59 Å². The maximum Gasteiger partial charge on any atom is 0.200 e. The van der Waals surface area contributed by atoms with Gasteiger partial charge in [0.1, 0.15) is 0 Å². The highest BCUT2D eigenvalue weighted by molar-refractivity contribution is 6.30. The SMILES string of the molecule is O=CC(=O)C1CCCNC1c1ccc(Cl)cc1. The van der Waals surface area contributed by atoms with E-state index in [2.05, 4.69) is 5.32 Å². The molecule has 1 aliphatic rings. The third kappa shape index (κ3) is 2.73. The molecule has 1 aromatic carbocycles. The van der Waals surface area contributed by atoms with Crippen molar-refractivity contribution in [3.05, 3.63) is 34.9 Å². The van der Waals surface area contributed by atoms with E-state index in [1.54, 1.807) is 12.1 Å². The molecular weight excluding hydrogens is 238 g/mol. The number of benzene rings is 1. The molecule has 0 amide bonds. The fourth-order valence-corrected chi connectivity index (χ4v) is 2.43. The van der Waals surface area contributed by atoms with Crippen molar-refractivity contribution in [1.29, 1.82) is 0 Å². The van der Waals surface area contributed by atoms with Crippen LogP contribution in [0.3, 0.4) is 0 Å². The Morgan fingerprint density at radius 3 is 2.71 bits per heavy atom. The lowest BCUT2D eigenvalue weighted by Crippen LogP contribution is -2.38. The monoisotopic (exact) mass is 251 g/mol. The number of ketones is 1. The number of Topliss-reactive ketones (excluding diaryl/α,β-unsaturated/α-hetero) is 1. The number of halogens is 1. The summed E-state index contributed by atoms with van der Waals surface area (Å²) >= 11 is 5.83. The average Bonchev–Trinajstić information content (AvgIpc) is 2.39. The molecule has 0 aromatic heterocycles. The predicted molar refractivity (Wildman–Crippen MR) is 66.0 cm³/mol. The summed E-state index contributed by atoms with van der Waals surface area (Å²) in [4.78, 5) is 22.2. The van der Waals surface area contributed by atoms with E-state index in [0.29, 0.717) is 11.3 Å². The Kier molecular flexibility index (Phi) is 3.92. The highest BCUT2D eigenvalue weighted by Gasteiger charge is 2.31. The molecule has 0 spiro atoms. The maximum absolute atomic E-state index is 11.6. The molecule has 1 aromatic rings. The number of carbonyl (C=O) groups excluding carboxylic acids is 2. The summed E-state index contributed by atoms with van der Waals surface area (Å²) in [6.45, 7) is 0.871. The van der Waals surface area contributed by atoms with Gasteiger partial charge in [-0.1, -0.05) is 23.7 Å². The van der Waals surface area contributed by atoms with E-state index < -0.39 is 0 Å². The zero-order valence-electron chi connectivity index (χ0n) is 9.36. The first-order chi connectivity index (χ1) is 8.22. The lowest BCUT2D eigenvalue weighted by Gasteiger charge is -2.30. The smallest absolute Gasteiger partial charge is 0.200 e. The number of piperidine rings is 1. The topological polar surface area (TPSA) is 46.2 Å². The molecule has 2 unspecified atom stereocenters. The molecule has 0 radical (unpaired) electrons. The summed E-state index contributed by atoms with van der Waals surface area (Å²) in [5.74, 6) is -0.570. The molecule has 0 aliphatic carbocycles. The van der Waals surface area contributed by atoms with Crippen molar-refractivity contribution in [2.24, 2.45) is 5.92 Å². The summed E-state index contributed by atoms with van der Waals surface area (Å²) in [5, 5.41) is 3.97. The van der Waals surface area contributed by atoms with Crippen LogP contribution in [0.15, 0.2) is 24.3 Å². The van der Waals surface area contributed by atoms with Gasteiger partial charge in [0.15, 0.2) is 12.1 Å². The van der Waals surface area contributed by atoms with Crippen LogP contribution in [0.2, 0.25) is 5.02 Å². The molecule has 1 saturated heterocycles. The minimum absolute atomic E-state index is 0.0706. The Hall–Kier alpha value is -1.19. The second-order valence-corrected chi connectivity index (χ2v) is 4.69. The molecular formula is C13H14ClNO2. The van der Waals surface area contributed by atoms with Gasteiger partial charge < -0.3 is 5.32 Å². The van der Waals surface area contributed by atoms with Crippen LogP contribution >= 0.6 is 11.6 Å². The Bertz CT molecular complexity index is 416. The summed E-state index contributed by atoms with van der Waals surface area (Å²) < 4.78 is 0. The summed E-state index contributed by atoms with van der Waals surface area (Å²) in [6.07, 6.45) is 2.12. The Morgan fingerprint density at radius 1 is 1.35 bits per heavy atom. The molecule has 17 heavy (non-hydrogen) atoms. The van der Waals surface area contributed by atoms with Crippen LogP contribution in [0.1, 0.15) is 24.4 Å². The van der Waals surface area contributed by atoms with Crippen LogP contribution in [-0.4, -0.2) is 18.6 Å². The van der Waals surface area contributed by atoms with Gasteiger partial charge in [-0.25, -0.2) is 0 Å². The van der Waals surface area contributed by atoms with E-state index in [9.17, 15) is 9.59 Å². The van der Waals surface area contributed by atoms with Gasteiger partial charge in [0.05, 0.1) is 0 Å². The fraction of sp³-hybridized carbons (Fsp3) is 0.385. The minimum Gasteiger partial charge on any atom is -0.309 e. The molecule has 4 heteroatoms. The van der Waals surface area contributed by atoms with Gasteiger partial charge >= 0.3 is 0 Å². The summed E-state index contributed by atoms with van der Waals surface area (Å²) in [6, 6.07) is 7.33. The van der Waals surface area contributed by atoms with Crippen LogP contribution in [0, 0.1) is 5.92 Å². The molecule has 2 atom stereocenters. The molecule has 0 saturated carbocycles. The van der Waals surface area contributed by atoms with Gasteiger partial charge in [-0.2, -0.15) is 0 Å². The van der Waals surface area contributed by atoms with Gasteiger partial charge in [-0.05, 0) is 37.1 Å². The van der Waals surface area contributed by atoms with Gasteiger partial charge in [0.2, 0.25) is 0 Å². The zero-order chi connectivity index (χ0) is 12.3. The molecule has 1 N–H and O–H groups in total. The molecule has 90 valence electrons. The van der Waals surface area contributed by atoms with Gasteiger partial charge in [-0.15, -0.1) is 0 Å². The van der Waals surface area contributed by atoms with Crippen molar-refractivity contribution in [2.45, 2.75) is 18.9 Å². The quantitative estimate of drug-likeness (QED) is 0.661. The minimum atomic E-state index is -0.322. The van der Waals surface area contributed by atoms with E-state index >= 15 is 0 Å². The highest BCUT2D eigenvalue weighted by Crippen LogP contribution is 2.30. The van der Waals surface area contributed by atoms with Crippen molar-refractivity contribution >= 4 is 23.7 Å². The zero-order valence-corrected chi connectivity index (χ0v) is 10.1. The van der Waals surface area contributed by atoms with E-state index in [0.717, 1.165) is 24.9 Å². The number of aldehydes is 1. The van der Waals surface area contributed by atoms with Gasteiger partial charge in [0.25, 0.3) is 0 Å². The van der Waals surface area contributed by atoms with Gasteiger partial charge in [0, 0.05) is 17.0 Å². The van der Waals surface area contributed by atoms with E-state index in [1.165, 1.54) is 0 Å². The van der Waals surface area contributed by atoms with Crippen LogP contribution in [0.5, 0.6) is 0 Å². The number of carbonyl (C=O) groups is 2. The number of hydrogen-bond acceptors (Lipinski definition) is 3. The van der Waals surface area contributed by atoms with Crippen LogP contribution in [0.25, 0.3) is 0 Å². The maximum atomic E-state index is 11.6. The average molecular weight is 252 g/mol. The normalized spacial score (nSPS) is 24.3. The molecule has 1 aliphatic heterocycles. The van der Waals surface area contributed by atoms with Crippen LogP contribution < -0.4 is 5.32 Å². The van der Waals surface area contributed by atoms with E-state index in [4.69, 9.17) is 11.6 Å². The largest absolute Gasteiger partial charge is 0.309 e. The fourth-order valence-electron chi connectivity index (χ4n) is 2.30.